The van der Waals surface area contributed by atoms with Gasteiger partial charge in [-0.3, -0.25) is 4.79 Å². The Morgan fingerprint density at radius 3 is 2.52 bits per heavy atom. The van der Waals surface area contributed by atoms with E-state index in [0.717, 1.165) is 13.1 Å². The van der Waals surface area contributed by atoms with Crippen molar-refractivity contribution in [3.63, 3.8) is 0 Å². The van der Waals surface area contributed by atoms with Gasteiger partial charge in [0.15, 0.2) is 6.29 Å². The van der Waals surface area contributed by atoms with Crippen molar-refractivity contribution < 1.29 is 14.3 Å². The van der Waals surface area contributed by atoms with Gasteiger partial charge >= 0.3 is 0 Å². The molecule has 0 aromatic heterocycles. The molecule has 1 fully saturated rings. The van der Waals surface area contributed by atoms with Crippen LogP contribution in [0.1, 0.15) is 13.8 Å². The largest absolute Gasteiger partial charge is 0.385 e. The van der Waals surface area contributed by atoms with E-state index < -0.39 is 0 Å². The average Bonchev–Trinajstić information content (AvgIpc) is 2.52. The van der Waals surface area contributed by atoms with Crippen LogP contribution in [0.5, 0.6) is 0 Å². The summed E-state index contributed by atoms with van der Waals surface area (Å²) in [6.07, 6.45) is 1.06. The van der Waals surface area contributed by atoms with Crippen molar-refractivity contribution in [2.24, 2.45) is 0 Å². The Morgan fingerprint density at radius 1 is 1.38 bits per heavy atom. The third-order valence-electron chi connectivity index (χ3n) is 2.99. The van der Waals surface area contributed by atoms with Gasteiger partial charge in [0.2, 0.25) is 0 Å². The third-order valence-corrected chi connectivity index (χ3v) is 2.99. The van der Waals surface area contributed by atoms with Crippen molar-refractivity contribution in [2.75, 3.05) is 45.9 Å². The Hall–Kier alpha value is -1.62. The minimum atomic E-state index is -0.384. The van der Waals surface area contributed by atoms with E-state index in [-0.39, 0.29) is 17.8 Å². The summed E-state index contributed by atoms with van der Waals surface area (Å²) in [4.78, 5) is 13.8. The summed E-state index contributed by atoms with van der Waals surface area (Å²) in [5, 5.41) is 15.2. The van der Waals surface area contributed by atoms with E-state index in [1.165, 1.54) is 6.20 Å². The highest BCUT2D eigenvalue weighted by Crippen LogP contribution is 2.02. The summed E-state index contributed by atoms with van der Waals surface area (Å²) in [6.45, 7) is 8.01. The highest BCUT2D eigenvalue weighted by Gasteiger charge is 2.20. The molecule has 7 heteroatoms. The summed E-state index contributed by atoms with van der Waals surface area (Å²) in [5.41, 5.74) is 0.101. The lowest BCUT2D eigenvalue weighted by molar-refractivity contribution is -0.132. The van der Waals surface area contributed by atoms with Gasteiger partial charge in [0, 0.05) is 45.6 Å². The van der Waals surface area contributed by atoms with Crippen molar-refractivity contribution in [3.05, 3.63) is 11.8 Å². The molecule has 0 unspecified atom stereocenters. The number of hydrogen-bond donors (Lipinski definition) is 2. The molecule has 7 nitrogen and oxygen atoms in total. The maximum atomic E-state index is 12.2. The number of piperazine rings is 1. The maximum absolute atomic E-state index is 12.2. The van der Waals surface area contributed by atoms with Gasteiger partial charge in [-0.25, -0.2) is 0 Å². The first-order chi connectivity index (χ1) is 10.2. The van der Waals surface area contributed by atoms with E-state index >= 15 is 0 Å². The Bertz CT molecular complexity index is 380. The average molecular weight is 296 g/mol. The second-order valence-electron chi connectivity index (χ2n) is 4.46. The zero-order valence-corrected chi connectivity index (χ0v) is 12.7. The van der Waals surface area contributed by atoms with Crippen LogP contribution in [0.15, 0.2) is 11.8 Å². The predicted molar refractivity (Wildman–Crippen MR) is 78.2 cm³/mol. The fraction of sp³-hybridized carbons (Fsp3) is 0.714. The van der Waals surface area contributed by atoms with Crippen LogP contribution in [0.2, 0.25) is 0 Å². The van der Waals surface area contributed by atoms with Crippen molar-refractivity contribution >= 4 is 5.91 Å². The monoisotopic (exact) mass is 296 g/mol. The smallest absolute Gasteiger partial charge is 0.266 e. The quantitative estimate of drug-likeness (QED) is 0.367. The van der Waals surface area contributed by atoms with Crippen LogP contribution in [0.25, 0.3) is 0 Å². The van der Waals surface area contributed by atoms with Crippen molar-refractivity contribution in [1.82, 2.24) is 15.5 Å². The Balaban J connectivity index is 2.50. The lowest BCUT2D eigenvalue weighted by Gasteiger charge is -2.27. The van der Waals surface area contributed by atoms with E-state index in [1.54, 1.807) is 4.90 Å². The SMILES string of the molecule is CCOC(CN/C=C(/C#N)C(=O)N1CCNCC1)OCC. The summed E-state index contributed by atoms with van der Waals surface area (Å²) < 4.78 is 10.7. The molecule has 0 bridgehead atoms. The Kier molecular flexibility index (Phi) is 8.43. The van der Waals surface area contributed by atoms with Crippen LogP contribution >= 0.6 is 0 Å². The van der Waals surface area contributed by atoms with E-state index in [0.29, 0.717) is 32.8 Å². The van der Waals surface area contributed by atoms with Gasteiger partial charge in [0.05, 0.1) is 6.54 Å². The van der Waals surface area contributed by atoms with Gasteiger partial charge in [0.25, 0.3) is 5.91 Å². The highest BCUT2D eigenvalue weighted by molar-refractivity contribution is 5.97. The number of nitriles is 1. The lowest BCUT2D eigenvalue weighted by atomic mass is 10.2. The first kappa shape index (κ1) is 17.4. The van der Waals surface area contributed by atoms with Crippen molar-refractivity contribution in [1.29, 1.82) is 5.26 Å². The zero-order valence-electron chi connectivity index (χ0n) is 12.7. The molecule has 0 spiro atoms. The molecule has 0 aromatic rings. The third kappa shape index (κ3) is 6.12. The van der Waals surface area contributed by atoms with Crippen LogP contribution in [-0.4, -0.2) is 63.0 Å². The molecule has 1 aliphatic heterocycles. The minimum absolute atomic E-state index is 0.101. The first-order valence-corrected chi connectivity index (χ1v) is 7.29. The van der Waals surface area contributed by atoms with Gasteiger partial charge in [-0.1, -0.05) is 0 Å². The van der Waals surface area contributed by atoms with Gasteiger partial charge in [0.1, 0.15) is 11.6 Å². The molecule has 1 amide bonds. The number of amides is 1. The van der Waals surface area contributed by atoms with Gasteiger partial charge in [-0.05, 0) is 13.8 Å². The number of hydrogen-bond acceptors (Lipinski definition) is 6. The highest BCUT2D eigenvalue weighted by atomic mass is 16.7. The molecule has 1 aliphatic rings. The standard InChI is InChI=1S/C14H24N4O3/c1-3-20-13(21-4-2)11-17-10-12(9-15)14(19)18-7-5-16-6-8-18/h10,13,16-17H,3-8,11H2,1-2H3/b12-10-. The molecule has 1 rings (SSSR count). The summed E-state index contributed by atoms with van der Waals surface area (Å²) in [7, 11) is 0. The molecule has 0 saturated carbocycles. The summed E-state index contributed by atoms with van der Waals surface area (Å²) in [6, 6.07) is 1.94. The molecule has 1 heterocycles. The van der Waals surface area contributed by atoms with Crippen molar-refractivity contribution in [2.45, 2.75) is 20.1 Å². The fourth-order valence-electron chi connectivity index (χ4n) is 1.98. The van der Waals surface area contributed by atoms with Crippen molar-refractivity contribution in [3.8, 4) is 6.07 Å². The number of nitrogens with one attached hydrogen (secondary N) is 2. The number of rotatable bonds is 8. The Labute approximate surface area is 125 Å². The summed E-state index contributed by atoms with van der Waals surface area (Å²) in [5.74, 6) is -0.240. The van der Waals surface area contributed by atoms with Crippen LogP contribution in [-0.2, 0) is 14.3 Å². The molecule has 2 N–H and O–H groups in total. The number of carbonyl (C=O) groups excluding carboxylic acids is 1. The Morgan fingerprint density at radius 2 is 2.00 bits per heavy atom. The van der Waals surface area contributed by atoms with Crippen LogP contribution < -0.4 is 10.6 Å². The topological polar surface area (TPSA) is 86.6 Å². The van der Waals surface area contributed by atoms with Crippen LogP contribution in [0.3, 0.4) is 0 Å². The molecule has 0 aromatic carbocycles. The predicted octanol–water partition coefficient (Wildman–Crippen LogP) is -0.186. The fourth-order valence-corrected chi connectivity index (χ4v) is 1.98. The molecule has 1 saturated heterocycles. The molecular formula is C14H24N4O3. The normalized spacial score (nSPS) is 15.9. The summed E-state index contributed by atoms with van der Waals surface area (Å²) >= 11 is 0. The van der Waals surface area contributed by atoms with E-state index in [2.05, 4.69) is 10.6 Å². The van der Waals surface area contributed by atoms with E-state index in [4.69, 9.17) is 14.7 Å². The first-order valence-electron chi connectivity index (χ1n) is 7.29. The van der Waals surface area contributed by atoms with Crippen LogP contribution in [0.4, 0.5) is 0 Å². The molecule has 0 aliphatic carbocycles. The number of carbonyl (C=O) groups is 1. The molecule has 21 heavy (non-hydrogen) atoms. The molecule has 0 atom stereocenters. The molecule has 0 radical (unpaired) electrons. The van der Waals surface area contributed by atoms with E-state index in [9.17, 15) is 4.79 Å². The second-order valence-corrected chi connectivity index (χ2v) is 4.46. The van der Waals surface area contributed by atoms with E-state index in [1.807, 2.05) is 19.9 Å². The lowest BCUT2D eigenvalue weighted by Crippen LogP contribution is -2.47. The number of nitrogens with zero attached hydrogens (tertiary/aromatic N) is 2. The zero-order chi connectivity index (χ0) is 15.5. The van der Waals surface area contributed by atoms with Gasteiger partial charge < -0.3 is 25.0 Å². The second kappa shape index (κ2) is 10.2. The molecular weight excluding hydrogens is 272 g/mol. The molecule has 118 valence electrons. The van der Waals surface area contributed by atoms with Gasteiger partial charge in [-0.15, -0.1) is 0 Å². The van der Waals surface area contributed by atoms with Gasteiger partial charge in [-0.2, -0.15) is 5.26 Å². The van der Waals surface area contributed by atoms with Crippen LogP contribution in [0, 0.1) is 11.3 Å². The number of ether oxygens (including phenoxy) is 2. The minimum Gasteiger partial charge on any atom is -0.385 e. The maximum Gasteiger partial charge on any atom is 0.266 e.